The van der Waals surface area contributed by atoms with Gasteiger partial charge in [0, 0.05) is 23.2 Å². The molecule has 3 nitrogen and oxygen atoms in total. The van der Waals surface area contributed by atoms with Gasteiger partial charge in [-0.15, -0.1) is 0 Å². The lowest BCUT2D eigenvalue weighted by Crippen LogP contribution is -2.12. The number of hydrogen-bond acceptors (Lipinski definition) is 2. The van der Waals surface area contributed by atoms with Crippen LogP contribution >= 0.6 is 12.2 Å². The van der Waals surface area contributed by atoms with Crippen molar-refractivity contribution in [2.24, 2.45) is 0 Å². The minimum absolute atomic E-state index is 0.0891. The van der Waals surface area contributed by atoms with Crippen molar-refractivity contribution in [3.05, 3.63) is 62.3 Å². The maximum absolute atomic E-state index is 13.6. The third kappa shape index (κ3) is 2.38. The fourth-order valence-electron chi connectivity index (χ4n) is 1.80. The van der Waals surface area contributed by atoms with E-state index < -0.39 is 23.1 Å². The summed E-state index contributed by atoms with van der Waals surface area (Å²) in [6, 6.07) is 4.89. The molecule has 0 amide bonds. The summed E-state index contributed by atoms with van der Waals surface area (Å²) in [5.41, 5.74) is -0.126. The Bertz CT molecular complexity index is 644. The van der Waals surface area contributed by atoms with Crippen LogP contribution in [0.5, 0.6) is 0 Å². The first-order valence-corrected chi connectivity index (χ1v) is 5.67. The van der Waals surface area contributed by atoms with Crippen LogP contribution in [-0.2, 0) is 0 Å². The molecule has 0 saturated carbocycles. The van der Waals surface area contributed by atoms with Crippen molar-refractivity contribution >= 4 is 12.2 Å². The predicted molar refractivity (Wildman–Crippen MR) is 66.1 cm³/mol. The summed E-state index contributed by atoms with van der Waals surface area (Å²) in [5, 5.41) is 0. The highest BCUT2D eigenvalue weighted by Crippen LogP contribution is 2.26. The second kappa shape index (κ2) is 4.81. The van der Waals surface area contributed by atoms with Crippen LogP contribution in [0.4, 0.5) is 8.78 Å². The standard InChI is InChI=1S/C12H10F2N2OS/c1-6(9-5-10(17)16-12(18)15-9)11-7(13)3-2-4-8(11)14/h2-6H,1H3,(H2,15,16,17,18). The summed E-state index contributed by atoms with van der Waals surface area (Å²) < 4.78 is 27.4. The first kappa shape index (κ1) is 12.6. The molecular weight excluding hydrogens is 258 g/mol. The molecule has 1 heterocycles. The largest absolute Gasteiger partial charge is 0.335 e. The molecule has 0 radical (unpaired) electrons. The Morgan fingerprint density at radius 1 is 1.22 bits per heavy atom. The number of nitrogens with one attached hydrogen (secondary N) is 2. The molecule has 0 aliphatic heterocycles. The van der Waals surface area contributed by atoms with Gasteiger partial charge in [0.25, 0.3) is 5.56 Å². The molecule has 0 spiro atoms. The van der Waals surface area contributed by atoms with E-state index in [0.29, 0.717) is 5.69 Å². The molecule has 1 atom stereocenters. The number of rotatable bonds is 2. The molecule has 18 heavy (non-hydrogen) atoms. The number of halogens is 2. The van der Waals surface area contributed by atoms with Gasteiger partial charge in [-0.2, -0.15) is 0 Å². The van der Waals surface area contributed by atoms with Crippen molar-refractivity contribution in [3.63, 3.8) is 0 Å². The Morgan fingerprint density at radius 2 is 1.83 bits per heavy atom. The van der Waals surface area contributed by atoms with Gasteiger partial charge in [0.2, 0.25) is 0 Å². The smallest absolute Gasteiger partial charge is 0.251 e. The molecule has 2 N–H and O–H groups in total. The van der Waals surface area contributed by atoms with Crippen molar-refractivity contribution in [3.8, 4) is 0 Å². The van der Waals surface area contributed by atoms with E-state index in [9.17, 15) is 13.6 Å². The summed E-state index contributed by atoms with van der Waals surface area (Å²) in [6.07, 6.45) is 0. The first-order chi connectivity index (χ1) is 8.49. The first-order valence-electron chi connectivity index (χ1n) is 5.26. The third-order valence-corrected chi connectivity index (χ3v) is 2.88. The molecule has 1 aromatic heterocycles. The summed E-state index contributed by atoms with van der Waals surface area (Å²) in [4.78, 5) is 16.4. The van der Waals surface area contributed by atoms with Crippen LogP contribution < -0.4 is 5.56 Å². The van der Waals surface area contributed by atoms with E-state index in [0.717, 1.165) is 0 Å². The average molecular weight is 268 g/mol. The van der Waals surface area contributed by atoms with Gasteiger partial charge in [0.1, 0.15) is 11.6 Å². The minimum Gasteiger partial charge on any atom is -0.335 e. The molecule has 1 unspecified atom stereocenters. The molecule has 1 aromatic carbocycles. The monoisotopic (exact) mass is 268 g/mol. The summed E-state index contributed by atoms with van der Waals surface area (Å²) in [5.74, 6) is -1.93. The van der Waals surface area contributed by atoms with E-state index in [1.807, 2.05) is 0 Å². The average Bonchev–Trinajstić information content (AvgIpc) is 2.27. The minimum atomic E-state index is -0.651. The molecule has 6 heteroatoms. The quantitative estimate of drug-likeness (QED) is 0.823. The highest BCUT2D eigenvalue weighted by Gasteiger charge is 2.18. The molecule has 0 fully saturated rings. The van der Waals surface area contributed by atoms with Crippen molar-refractivity contribution < 1.29 is 8.78 Å². The molecule has 0 saturated heterocycles. The maximum atomic E-state index is 13.6. The maximum Gasteiger partial charge on any atom is 0.251 e. The summed E-state index contributed by atoms with van der Waals surface area (Å²) in [6.45, 7) is 1.60. The van der Waals surface area contributed by atoms with E-state index >= 15 is 0 Å². The second-order valence-electron chi connectivity index (χ2n) is 3.90. The van der Waals surface area contributed by atoms with Crippen molar-refractivity contribution in [2.45, 2.75) is 12.8 Å². The summed E-state index contributed by atoms with van der Waals surface area (Å²) >= 11 is 4.82. The highest BCUT2D eigenvalue weighted by atomic mass is 32.1. The highest BCUT2D eigenvalue weighted by molar-refractivity contribution is 7.71. The third-order valence-electron chi connectivity index (χ3n) is 2.68. The Hall–Kier alpha value is -1.82. The van der Waals surface area contributed by atoms with Crippen molar-refractivity contribution in [2.75, 3.05) is 0 Å². The number of aromatic nitrogens is 2. The van der Waals surface area contributed by atoms with Crippen molar-refractivity contribution in [1.82, 2.24) is 9.97 Å². The number of hydrogen-bond donors (Lipinski definition) is 2. The van der Waals surface area contributed by atoms with Crippen LogP contribution in [0.2, 0.25) is 0 Å². The van der Waals surface area contributed by atoms with Crippen LogP contribution in [-0.4, -0.2) is 9.97 Å². The van der Waals surface area contributed by atoms with Gasteiger partial charge in [0.05, 0.1) is 0 Å². The lowest BCUT2D eigenvalue weighted by atomic mass is 9.96. The molecule has 2 aromatic rings. The fraction of sp³-hybridized carbons (Fsp3) is 0.167. The normalized spacial score (nSPS) is 12.4. The Morgan fingerprint density at radius 3 is 2.39 bits per heavy atom. The second-order valence-corrected chi connectivity index (χ2v) is 4.31. The lowest BCUT2D eigenvalue weighted by Gasteiger charge is -2.13. The Kier molecular flexibility index (Phi) is 3.38. The van der Waals surface area contributed by atoms with Crippen LogP contribution in [0.3, 0.4) is 0 Å². The zero-order valence-corrected chi connectivity index (χ0v) is 10.3. The fourth-order valence-corrected chi connectivity index (χ4v) is 2.02. The van der Waals surface area contributed by atoms with E-state index in [-0.39, 0.29) is 10.3 Å². The molecule has 94 valence electrons. The zero-order chi connectivity index (χ0) is 13.3. The van der Waals surface area contributed by atoms with Gasteiger partial charge in [-0.05, 0) is 24.4 Å². The van der Waals surface area contributed by atoms with Crippen LogP contribution in [0.15, 0.2) is 29.1 Å². The van der Waals surface area contributed by atoms with Gasteiger partial charge < -0.3 is 4.98 Å². The topological polar surface area (TPSA) is 48.6 Å². The van der Waals surface area contributed by atoms with Crippen molar-refractivity contribution in [1.29, 1.82) is 0 Å². The molecular formula is C12H10F2N2OS. The van der Waals surface area contributed by atoms with E-state index in [2.05, 4.69) is 9.97 Å². The SMILES string of the molecule is CC(c1cc(=O)[nH]c(=S)[nH]1)c1c(F)cccc1F. The Labute approximate surface area is 107 Å². The van der Waals surface area contributed by atoms with Gasteiger partial charge in [0.15, 0.2) is 4.77 Å². The molecule has 0 bridgehead atoms. The lowest BCUT2D eigenvalue weighted by molar-refractivity contribution is 0.544. The number of benzene rings is 1. The molecule has 0 aliphatic rings. The van der Waals surface area contributed by atoms with E-state index in [1.165, 1.54) is 24.3 Å². The van der Waals surface area contributed by atoms with Crippen LogP contribution in [0, 0.1) is 16.4 Å². The number of H-pyrrole nitrogens is 2. The summed E-state index contributed by atoms with van der Waals surface area (Å²) in [7, 11) is 0. The van der Waals surface area contributed by atoms with Crippen LogP contribution in [0.1, 0.15) is 24.1 Å². The molecule has 2 rings (SSSR count). The molecule has 0 aliphatic carbocycles. The zero-order valence-electron chi connectivity index (χ0n) is 9.46. The van der Waals surface area contributed by atoms with E-state index in [4.69, 9.17) is 12.2 Å². The van der Waals surface area contributed by atoms with Crippen LogP contribution in [0.25, 0.3) is 0 Å². The predicted octanol–water partition coefficient (Wildman–Crippen LogP) is 2.86. The van der Waals surface area contributed by atoms with Gasteiger partial charge >= 0.3 is 0 Å². The van der Waals surface area contributed by atoms with E-state index in [1.54, 1.807) is 6.92 Å². The van der Waals surface area contributed by atoms with Gasteiger partial charge in [-0.25, -0.2) is 8.78 Å². The van der Waals surface area contributed by atoms with Gasteiger partial charge in [-0.3, -0.25) is 9.78 Å². The Balaban J connectivity index is 2.58. The number of aromatic amines is 2. The van der Waals surface area contributed by atoms with Gasteiger partial charge in [-0.1, -0.05) is 13.0 Å².